The van der Waals surface area contributed by atoms with Gasteiger partial charge in [-0.2, -0.15) is 4.57 Å². The molecule has 1 heterocycles. The molecule has 0 aliphatic carbocycles. The van der Waals surface area contributed by atoms with Crippen molar-refractivity contribution >= 4 is 19.2 Å². The summed E-state index contributed by atoms with van der Waals surface area (Å²) in [6, 6.07) is 12.6. The van der Waals surface area contributed by atoms with Crippen molar-refractivity contribution in [2.75, 3.05) is 26.9 Å². The molecule has 0 aliphatic rings. The van der Waals surface area contributed by atoms with E-state index in [1.54, 1.807) is 23.5 Å². The van der Waals surface area contributed by atoms with Gasteiger partial charge in [0.1, 0.15) is 30.0 Å². The molecular formula is C33H48NO7PS. The Balaban J connectivity index is 1.35. The molecule has 1 aromatic heterocycles. The third-order valence-electron chi connectivity index (χ3n) is 7.20. The molecule has 8 nitrogen and oxygen atoms in total. The lowest BCUT2D eigenvalue weighted by Gasteiger charge is -2.25. The Morgan fingerprint density at radius 1 is 0.884 bits per heavy atom. The Morgan fingerprint density at radius 3 is 2.16 bits per heavy atom. The molecule has 3 aromatic rings. The Hall–Kier alpha value is -2.42. The quantitative estimate of drug-likeness (QED) is 0.0602. The van der Waals surface area contributed by atoms with Gasteiger partial charge in [-0.1, -0.05) is 82.1 Å². The number of nitrogens with zero attached hydrogens (tertiary/aromatic N) is 1. The van der Waals surface area contributed by atoms with Crippen LogP contribution in [0.4, 0.5) is 0 Å². The molecule has 0 aliphatic heterocycles. The molecule has 0 fully saturated rings. The monoisotopic (exact) mass is 633 g/mol. The van der Waals surface area contributed by atoms with Crippen LogP contribution < -0.4 is 23.5 Å². The predicted octanol–water partition coefficient (Wildman–Crippen LogP) is 7.65. The van der Waals surface area contributed by atoms with Gasteiger partial charge in [0.15, 0.2) is 12.7 Å². The molecular weight excluding hydrogens is 585 g/mol. The van der Waals surface area contributed by atoms with E-state index in [0.717, 1.165) is 23.3 Å². The van der Waals surface area contributed by atoms with Gasteiger partial charge in [-0.15, -0.1) is 0 Å². The van der Waals surface area contributed by atoms with Crippen LogP contribution in [0.2, 0.25) is 0 Å². The van der Waals surface area contributed by atoms with Crippen LogP contribution in [0.1, 0.15) is 82.3 Å². The van der Waals surface area contributed by atoms with Crippen molar-refractivity contribution in [3.05, 3.63) is 70.7 Å². The maximum Gasteiger partial charge on any atom is 0.319 e. The van der Waals surface area contributed by atoms with Crippen LogP contribution in [0.25, 0.3) is 0 Å². The minimum Gasteiger partial charge on any atom is -0.746 e. The predicted molar refractivity (Wildman–Crippen MR) is 169 cm³/mol. The second kappa shape index (κ2) is 19.8. The highest BCUT2D eigenvalue weighted by molar-refractivity contribution is 7.46. The van der Waals surface area contributed by atoms with Crippen molar-refractivity contribution in [2.45, 2.75) is 90.7 Å². The van der Waals surface area contributed by atoms with E-state index in [1.165, 1.54) is 64.9 Å². The number of hydrogen-bond donors (Lipinski definition) is 0. The number of ether oxygens (including phenoxy) is 3. The number of rotatable bonds is 23. The maximum absolute atomic E-state index is 12.4. The van der Waals surface area contributed by atoms with E-state index in [2.05, 4.69) is 6.92 Å². The van der Waals surface area contributed by atoms with Crippen LogP contribution in [0.5, 0.6) is 17.2 Å². The van der Waals surface area contributed by atoms with Crippen molar-refractivity contribution in [3.8, 4) is 17.2 Å². The summed E-state index contributed by atoms with van der Waals surface area (Å²) < 4.78 is 42.1. The number of thiazole rings is 1. The fraction of sp³-hybridized carbons (Fsp3) is 0.545. The summed E-state index contributed by atoms with van der Waals surface area (Å²) in [6.07, 6.45) is 14.2. The van der Waals surface area contributed by atoms with Crippen molar-refractivity contribution in [3.63, 3.8) is 0 Å². The zero-order valence-corrected chi connectivity index (χ0v) is 27.6. The van der Waals surface area contributed by atoms with Crippen LogP contribution in [0, 0.1) is 6.92 Å². The molecule has 0 amide bonds. The van der Waals surface area contributed by atoms with Gasteiger partial charge in [0, 0.05) is 18.2 Å². The van der Waals surface area contributed by atoms with Crippen LogP contribution >= 0.6 is 19.2 Å². The SMILES string of the molecule is CCCCCCCCCCCCOc1cccc(OCC(COP(=O)([O-])Oc2ccc(C[n+]3ccsc3)cc2)OC)c1C. The van der Waals surface area contributed by atoms with Crippen LogP contribution in [0.15, 0.2) is 59.6 Å². The summed E-state index contributed by atoms with van der Waals surface area (Å²) in [5, 5.41) is 1.99. The first kappa shape index (κ1) is 35.1. The van der Waals surface area contributed by atoms with E-state index in [-0.39, 0.29) is 19.0 Å². The fourth-order valence-corrected chi connectivity index (χ4v) is 5.97. The van der Waals surface area contributed by atoms with Gasteiger partial charge < -0.3 is 28.2 Å². The van der Waals surface area contributed by atoms with E-state index in [0.29, 0.717) is 18.9 Å². The highest BCUT2D eigenvalue weighted by Gasteiger charge is 2.18. The third kappa shape index (κ3) is 13.8. The maximum atomic E-state index is 12.4. The molecule has 0 bridgehead atoms. The summed E-state index contributed by atoms with van der Waals surface area (Å²) in [7, 11) is -3.12. The Bertz CT molecular complexity index is 1210. The minimum absolute atomic E-state index is 0.105. The van der Waals surface area contributed by atoms with E-state index in [1.807, 2.05) is 58.9 Å². The van der Waals surface area contributed by atoms with Crippen molar-refractivity contribution in [1.82, 2.24) is 0 Å². The number of unbranched alkanes of at least 4 members (excludes halogenated alkanes) is 9. The average Bonchev–Trinajstić information content (AvgIpc) is 3.51. The molecule has 2 atom stereocenters. The van der Waals surface area contributed by atoms with Gasteiger partial charge in [0.25, 0.3) is 0 Å². The van der Waals surface area contributed by atoms with Crippen molar-refractivity contribution in [2.24, 2.45) is 0 Å². The molecule has 0 spiro atoms. The van der Waals surface area contributed by atoms with Crippen LogP contribution in [-0.2, 0) is 20.4 Å². The molecule has 3 rings (SSSR count). The normalized spacial score (nSPS) is 13.4. The van der Waals surface area contributed by atoms with Gasteiger partial charge in [0.05, 0.1) is 18.6 Å². The molecule has 0 saturated carbocycles. The van der Waals surface area contributed by atoms with Crippen LogP contribution in [-0.4, -0.2) is 33.0 Å². The van der Waals surface area contributed by atoms with Gasteiger partial charge in [-0.3, -0.25) is 4.57 Å². The van der Waals surface area contributed by atoms with Crippen molar-refractivity contribution in [1.29, 1.82) is 0 Å². The zero-order chi connectivity index (χ0) is 30.8. The molecule has 43 heavy (non-hydrogen) atoms. The molecule has 238 valence electrons. The lowest BCUT2D eigenvalue weighted by molar-refractivity contribution is -0.683. The minimum atomic E-state index is -4.61. The Kier molecular flexibility index (Phi) is 16.1. The van der Waals surface area contributed by atoms with Gasteiger partial charge >= 0.3 is 7.82 Å². The first-order valence-electron chi connectivity index (χ1n) is 15.4. The lowest BCUT2D eigenvalue weighted by atomic mass is 10.1. The van der Waals surface area contributed by atoms with E-state index >= 15 is 0 Å². The van der Waals surface area contributed by atoms with Gasteiger partial charge in [-0.25, -0.2) is 0 Å². The summed E-state index contributed by atoms with van der Waals surface area (Å²) in [5.41, 5.74) is 3.92. The number of methoxy groups -OCH3 is 1. The molecule has 0 radical (unpaired) electrons. The largest absolute Gasteiger partial charge is 0.746 e. The standard InChI is InChI=1S/C33H48NO7PS/c1-4-5-6-7-8-9-10-11-12-13-22-38-32-15-14-16-33(28(32)2)39-25-31(37-3)26-40-42(35,36)41-30-19-17-29(18-20-30)24-34-21-23-43-27-34/h14-21,23,27,31H,4-13,22,24-26H2,1-3H3. The molecule has 2 unspecified atom stereocenters. The van der Waals surface area contributed by atoms with Gasteiger partial charge in [0.2, 0.25) is 5.51 Å². The molecule has 2 aromatic carbocycles. The summed E-state index contributed by atoms with van der Waals surface area (Å²) in [5.74, 6) is 1.63. The molecule has 0 saturated heterocycles. The summed E-state index contributed by atoms with van der Waals surface area (Å²) in [4.78, 5) is 12.4. The Labute approximate surface area is 261 Å². The fourth-order valence-electron chi connectivity index (χ4n) is 4.59. The second-order valence-corrected chi connectivity index (χ2v) is 12.8. The topological polar surface area (TPSA) is 90.2 Å². The highest BCUT2D eigenvalue weighted by atomic mass is 32.1. The smallest absolute Gasteiger partial charge is 0.319 e. The van der Waals surface area contributed by atoms with Gasteiger partial charge in [-0.05, 0) is 49.7 Å². The number of benzene rings is 2. The zero-order valence-electron chi connectivity index (χ0n) is 25.9. The van der Waals surface area contributed by atoms with Crippen LogP contribution in [0.3, 0.4) is 0 Å². The van der Waals surface area contributed by atoms with E-state index in [9.17, 15) is 9.46 Å². The number of phosphoric acid groups is 1. The van der Waals surface area contributed by atoms with E-state index < -0.39 is 13.9 Å². The first-order valence-corrected chi connectivity index (χ1v) is 17.8. The number of phosphoric ester groups is 1. The highest BCUT2D eigenvalue weighted by Crippen LogP contribution is 2.39. The molecule has 0 N–H and O–H groups in total. The lowest BCUT2D eigenvalue weighted by Crippen LogP contribution is -2.30. The second-order valence-electron chi connectivity index (χ2n) is 10.8. The first-order chi connectivity index (χ1) is 20.9. The number of hydrogen-bond acceptors (Lipinski definition) is 8. The molecule has 10 heteroatoms. The number of aromatic nitrogens is 1. The van der Waals surface area contributed by atoms with E-state index in [4.69, 9.17) is 23.3 Å². The van der Waals surface area contributed by atoms with Crippen molar-refractivity contribution < 1.29 is 37.3 Å². The average molecular weight is 634 g/mol. The summed E-state index contributed by atoms with van der Waals surface area (Å²) >= 11 is 1.61. The Morgan fingerprint density at radius 2 is 1.53 bits per heavy atom. The summed E-state index contributed by atoms with van der Waals surface area (Å²) in [6.45, 7) is 5.43. The third-order valence-corrected chi connectivity index (χ3v) is 8.77.